The van der Waals surface area contributed by atoms with Crippen LogP contribution in [0.5, 0.6) is 5.75 Å². The highest BCUT2D eigenvalue weighted by Crippen LogP contribution is 2.30. The van der Waals surface area contributed by atoms with Crippen molar-refractivity contribution in [3.8, 4) is 17.1 Å². The molecule has 0 saturated heterocycles. The molecule has 3 rings (SSSR count). The van der Waals surface area contributed by atoms with Crippen LogP contribution in [0.3, 0.4) is 0 Å². The maximum absolute atomic E-state index is 6.19. The highest BCUT2D eigenvalue weighted by Gasteiger charge is 2.15. The molecule has 0 radical (unpaired) electrons. The van der Waals surface area contributed by atoms with E-state index in [9.17, 15) is 0 Å². The quantitative estimate of drug-likeness (QED) is 0.356. The van der Waals surface area contributed by atoms with E-state index in [4.69, 9.17) is 45.4 Å². The summed E-state index contributed by atoms with van der Waals surface area (Å²) in [5.74, 6) is 7.92. The normalized spacial score (nSPS) is 10.8. The minimum absolute atomic E-state index is 0.465. The van der Waals surface area contributed by atoms with Crippen molar-refractivity contribution in [3.05, 3.63) is 57.5 Å². The lowest BCUT2D eigenvalue weighted by molar-refractivity contribution is 0.344. The van der Waals surface area contributed by atoms with E-state index in [1.807, 2.05) is 12.1 Å². The zero-order valence-electron chi connectivity index (χ0n) is 12.8. The lowest BCUT2D eigenvalue weighted by Crippen LogP contribution is -2.12. The molecule has 0 aliphatic rings. The molecule has 1 heterocycles. The van der Waals surface area contributed by atoms with Gasteiger partial charge in [0, 0.05) is 21.4 Å². The van der Waals surface area contributed by atoms with Gasteiger partial charge in [-0.05, 0) is 36.4 Å². The van der Waals surface area contributed by atoms with Crippen molar-refractivity contribution in [1.82, 2.24) is 14.9 Å². The Kier molecular flexibility index (Phi) is 5.96. The first-order valence-corrected chi connectivity index (χ1v) is 9.33. The molecule has 130 valence electrons. The van der Waals surface area contributed by atoms with E-state index in [0.717, 1.165) is 5.75 Å². The van der Waals surface area contributed by atoms with E-state index in [2.05, 4.69) is 10.2 Å². The summed E-state index contributed by atoms with van der Waals surface area (Å²) in [6.45, 7) is 0.481. The van der Waals surface area contributed by atoms with E-state index < -0.39 is 0 Å². The number of rotatable bonds is 6. The minimum atomic E-state index is 0.465. The van der Waals surface area contributed by atoms with Crippen LogP contribution >= 0.6 is 46.6 Å². The summed E-state index contributed by atoms with van der Waals surface area (Å²) in [6, 6.07) is 12.4. The number of benzene rings is 2. The van der Waals surface area contributed by atoms with Crippen LogP contribution in [0.25, 0.3) is 11.4 Å². The molecule has 0 spiro atoms. The van der Waals surface area contributed by atoms with E-state index in [1.165, 1.54) is 16.4 Å². The average molecular weight is 416 g/mol. The molecule has 25 heavy (non-hydrogen) atoms. The van der Waals surface area contributed by atoms with Gasteiger partial charge in [-0.3, -0.25) is 0 Å². The Morgan fingerprint density at radius 2 is 1.84 bits per heavy atom. The van der Waals surface area contributed by atoms with Gasteiger partial charge in [0.2, 0.25) is 5.16 Å². The van der Waals surface area contributed by atoms with Crippen LogP contribution in [0, 0.1) is 0 Å². The van der Waals surface area contributed by atoms with Gasteiger partial charge in [-0.25, -0.2) is 4.68 Å². The lowest BCUT2D eigenvalue weighted by atomic mass is 10.2. The molecule has 0 amide bonds. The number of hydrogen-bond donors (Lipinski definition) is 1. The van der Waals surface area contributed by atoms with Crippen molar-refractivity contribution in [3.63, 3.8) is 0 Å². The molecule has 2 N–H and O–H groups in total. The summed E-state index contributed by atoms with van der Waals surface area (Å²) in [5.41, 5.74) is 0.670. The smallest absolute Gasteiger partial charge is 0.210 e. The van der Waals surface area contributed by atoms with Crippen molar-refractivity contribution in [1.29, 1.82) is 0 Å². The fraction of sp³-hybridized carbons (Fsp3) is 0.125. The maximum Gasteiger partial charge on any atom is 0.210 e. The first-order valence-electron chi connectivity index (χ1n) is 7.21. The SMILES string of the molecule is Nn1c(SCCOc2cccc(Cl)c2)nnc1-c1ccc(Cl)cc1Cl. The van der Waals surface area contributed by atoms with Crippen LogP contribution in [0.15, 0.2) is 47.6 Å². The Morgan fingerprint density at radius 3 is 2.60 bits per heavy atom. The Hall–Kier alpha value is -1.60. The van der Waals surface area contributed by atoms with Gasteiger partial charge in [0.05, 0.1) is 11.6 Å². The van der Waals surface area contributed by atoms with Crippen molar-refractivity contribution in [2.24, 2.45) is 0 Å². The molecule has 3 aromatic rings. The predicted octanol–water partition coefficient (Wildman–Crippen LogP) is 4.79. The molecule has 9 heteroatoms. The summed E-state index contributed by atoms with van der Waals surface area (Å²) in [6.07, 6.45) is 0. The number of aromatic nitrogens is 3. The fourth-order valence-corrected chi connectivity index (χ4v) is 3.43. The Morgan fingerprint density at radius 1 is 1.04 bits per heavy atom. The molecule has 0 aliphatic carbocycles. The monoisotopic (exact) mass is 414 g/mol. The van der Waals surface area contributed by atoms with E-state index in [0.29, 0.717) is 44.0 Å². The number of halogens is 3. The van der Waals surface area contributed by atoms with E-state index in [-0.39, 0.29) is 0 Å². The highest BCUT2D eigenvalue weighted by molar-refractivity contribution is 7.99. The van der Waals surface area contributed by atoms with Crippen LogP contribution in [-0.4, -0.2) is 27.2 Å². The number of nitrogen functional groups attached to an aromatic ring is 1. The second-order valence-corrected chi connectivity index (χ2v) is 7.30. The molecule has 0 bridgehead atoms. The third-order valence-corrected chi connectivity index (χ3v) is 4.91. The lowest BCUT2D eigenvalue weighted by Gasteiger charge is -2.07. The molecule has 0 saturated carbocycles. The predicted molar refractivity (Wildman–Crippen MR) is 103 cm³/mol. The second-order valence-electron chi connectivity index (χ2n) is 4.95. The summed E-state index contributed by atoms with van der Waals surface area (Å²) in [5, 5.41) is 10.4. The van der Waals surface area contributed by atoms with Crippen LogP contribution < -0.4 is 10.6 Å². The molecule has 2 aromatic carbocycles. The van der Waals surface area contributed by atoms with Crippen molar-refractivity contribution in [2.75, 3.05) is 18.2 Å². The molecular weight excluding hydrogens is 403 g/mol. The molecule has 0 unspecified atom stereocenters. The number of hydrogen-bond acceptors (Lipinski definition) is 5. The second kappa shape index (κ2) is 8.19. The van der Waals surface area contributed by atoms with Gasteiger partial charge in [-0.1, -0.05) is 52.6 Å². The first-order chi connectivity index (χ1) is 12.0. The van der Waals surface area contributed by atoms with Gasteiger partial charge < -0.3 is 10.6 Å². The zero-order chi connectivity index (χ0) is 17.8. The largest absolute Gasteiger partial charge is 0.493 e. The average Bonchev–Trinajstić information content (AvgIpc) is 2.93. The van der Waals surface area contributed by atoms with Gasteiger partial charge in [0.1, 0.15) is 5.75 Å². The Bertz CT molecular complexity index is 888. The van der Waals surface area contributed by atoms with Crippen molar-refractivity contribution in [2.45, 2.75) is 5.16 Å². The number of nitrogens with two attached hydrogens (primary N) is 1. The number of thioether (sulfide) groups is 1. The van der Waals surface area contributed by atoms with E-state index in [1.54, 1.807) is 30.3 Å². The standard InChI is InChI=1S/C16H13Cl3N4OS/c17-10-2-1-3-12(8-10)24-6-7-25-16-22-21-15(23(16)20)13-5-4-11(18)9-14(13)19/h1-5,8-9H,6-7,20H2. The maximum atomic E-state index is 6.19. The van der Waals surface area contributed by atoms with Crippen LogP contribution in [0.2, 0.25) is 15.1 Å². The minimum Gasteiger partial charge on any atom is -0.493 e. The van der Waals surface area contributed by atoms with Crippen LogP contribution in [-0.2, 0) is 0 Å². The molecule has 0 atom stereocenters. The van der Waals surface area contributed by atoms with Gasteiger partial charge in [0.25, 0.3) is 0 Å². The molecule has 5 nitrogen and oxygen atoms in total. The Labute approximate surface area is 164 Å². The van der Waals surface area contributed by atoms with Gasteiger partial charge in [-0.2, -0.15) is 0 Å². The summed E-state index contributed by atoms with van der Waals surface area (Å²) >= 11 is 19.5. The summed E-state index contributed by atoms with van der Waals surface area (Å²) in [4.78, 5) is 0. The first kappa shape index (κ1) is 18.2. The van der Waals surface area contributed by atoms with Gasteiger partial charge in [-0.15, -0.1) is 10.2 Å². The zero-order valence-corrected chi connectivity index (χ0v) is 15.9. The molecular formula is C16H13Cl3N4OS. The number of nitrogens with zero attached hydrogens (tertiary/aromatic N) is 3. The van der Waals surface area contributed by atoms with Crippen LogP contribution in [0.4, 0.5) is 0 Å². The molecule has 1 aromatic heterocycles. The number of ether oxygens (including phenoxy) is 1. The van der Waals surface area contributed by atoms with E-state index >= 15 is 0 Å². The highest BCUT2D eigenvalue weighted by atomic mass is 35.5. The van der Waals surface area contributed by atoms with Gasteiger partial charge >= 0.3 is 0 Å². The van der Waals surface area contributed by atoms with Crippen molar-refractivity contribution >= 4 is 46.6 Å². The molecule has 0 aliphatic heterocycles. The Balaban J connectivity index is 1.62. The topological polar surface area (TPSA) is 66.0 Å². The fourth-order valence-electron chi connectivity index (χ4n) is 2.08. The summed E-state index contributed by atoms with van der Waals surface area (Å²) < 4.78 is 7.03. The summed E-state index contributed by atoms with van der Waals surface area (Å²) in [7, 11) is 0. The van der Waals surface area contributed by atoms with Gasteiger partial charge in [0.15, 0.2) is 5.82 Å². The third kappa shape index (κ3) is 4.52. The van der Waals surface area contributed by atoms with Crippen LogP contribution in [0.1, 0.15) is 0 Å². The third-order valence-electron chi connectivity index (χ3n) is 3.22. The van der Waals surface area contributed by atoms with Crippen molar-refractivity contribution < 1.29 is 4.74 Å². The molecule has 0 fully saturated rings.